The molecule has 0 aliphatic heterocycles. The van der Waals surface area contributed by atoms with Crippen molar-refractivity contribution in [2.75, 3.05) is 5.75 Å². The molecule has 0 aliphatic carbocycles. The fraction of sp³-hybridized carbons (Fsp3) is 0.667. The highest BCUT2D eigenvalue weighted by molar-refractivity contribution is 7.80. The van der Waals surface area contributed by atoms with Crippen molar-refractivity contribution in [1.82, 2.24) is 5.32 Å². The zero-order valence-corrected chi connectivity index (χ0v) is 9.27. The number of hydrogen-bond acceptors (Lipinski definition) is 4. The van der Waals surface area contributed by atoms with Crippen LogP contribution in [0.5, 0.6) is 0 Å². The van der Waals surface area contributed by atoms with Gasteiger partial charge in [0.1, 0.15) is 5.78 Å². The summed E-state index contributed by atoms with van der Waals surface area (Å²) in [5.41, 5.74) is 0. The predicted molar refractivity (Wildman–Crippen MR) is 56.4 cm³/mol. The van der Waals surface area contributed by atoms with Crippen molar-refractivity contribution in [3.8, 4) is 0 Å². The summed E-state index contributed by atoms with van der Waals surface area (Å²) in [6, 6.07) is -0.544. The van der Waals surface area contributed by atoms with E-state index in [2.05, 4.69) is 17.9 Å². The van der Waals surface area contributed by atoms with Gasteiger partial charge in [-0.1, -0.05) is 0 Å². The molecule has 0 spiro atoms. The molecule has 0 aliphatic rings. The molecule has 0 aromatic heterocycles. The van der Waals surface area contributed by atoms with Crippen LogP contribution in [-0.2, 0) is 14.4 Å². The molecule has 80 valence electrons. The van der Waals surface area contributed by atoms with Gasteiger partial charge in [-0.05, 0) is 13.8 Å². The standard InChI is InChI=1S/C9H15NO3S/c1-6(11)3-4-9(13)10-8(5-14)7(2)12/h8,14H,3-5H2,1-2H3,(H,10,13). The van der Waals surface area contributed by atoms with Crippen LogP contribution in [0.3, 0.4) is 0 Å². The predicted octanol–water partition coefficient (Wildman–Crippen LogP) is 0.359. The average Bonchev–Trinajstić information content (AvgIpc) is 2.10. The third-order valence-electron chi connectivity index (χ3n) is 1.71. The quantitative estimate of drug-likeness (QED) is 0.631. The number of hydrogen-bond donors (Lipinski definition) is 2. The molecule has 4 nitrogen and oxygen atoms in total. The molecule has 0 radical (unpaired) electrons. The molecule has 0 aromatic carbocycles. The fourth-order valence-electron chi connectivity index (χ4n) is 0.832. The van der Waals surface area contributed by atoms with Crippen LogP contribution in [0.4, 0.5) is 0 Å². The maximum atomic E-state index is 11.2. The lowest BCUT2D eigenvalue weighted by Crippen LogP contribution is -2.41. The number of Topliss-reactive ketones (excluding diaryl/α,β-unsaturated/α-hetero) is 2. The highest BCUT2D eigenvalue weighted by Crippen LogP contribution is 1.94. The smallest absolute Gasteiger partial charge is 0.221 e. The number of rotatable bonds is 6. The number of amides is 1. The van der Waals surface area contributed by atoms with Crippen molar-refractivity contribution in [1.29, 1.82) is 0 Å². The van der Waals surface area contributed by atoms with Crippen molar-refractivity contribution in [2.24, 2.45) is 0 Å². The van der Waals surface area contributed by atoms with Crippen LogP contribution in [-0.4, -0.2) is 29.3 Å². The summed E-state index contributed by atoms with van der Waals surface area (Å²) in [5.74, 6) is -0.169. The molecule has 1 unspecified atom stereocenters. The van der Waals surface area contributed by atoms with Gasteiger partial charge in [0.05, 0.1) is 6.04 Å². The zero-order chi connectivity index (χ0) is 11.1. The molecular weight excluding hydrogens is 202 g/mol. The summed E-state index contributed by atoms with van der Waals surface area (Å²) in [6.07, 6.45) is 0.343. The first-order valence-electron chi connectivity index (χ1n) is 4.37. The monoisotopic (exact) mass is 217 g/mol. The highest BCUT2D eigenvalue weighted by Gasteiger charge is 2.14. The van der Waals surface area contributed by atoms with Crippen LogP contribution in [0.25, 0.3) is 0 Å². The van der Waals surface area contributed by atoms with E-state index < -0.39 is 6.04 Å². The molecule has 0 bridgehead atoms. The van der Waals surface area contributed by atoms with Gasteiger partial charge in [-0.15, -0.1) is 0 Å². The van der Waals surface area contributed by atoms with Crippen molar-refractivity contribution in [3.63, 3.8) is 0 Å². The maximum absolute atomic E-state index is 11.2. The SMILES string of the molecule is CC(=O)CCC(=O)NC(CS)C(C)=O. The first-order chi connectivity index (χ1) is 6.47. The second kappa shape index (κ2) is 6.59. The Labute approximate surface area is 88.8 Å². The summed E-state index contributed by atoms with van der Waals surface area (Å²) in [7, 11) is 0. The Morgan fingerprint density at radius 1 is 1.21 bits per heavy atom. The molecule has 1 atom stereocenters. The molecule has 0 fully saturated rings. The normalized spacial score (nSPS) is 11.9. The Bertz CT molecular complexity index is 240. The summed E-state index contributed by atoms with van der Waals surface area (Å²) >= 11 is 3.94. The van der Waals surface area contributed by atoms with Crippen molar-refractivity contribution >= 4 is 30.1 Å². The van der Waals surface area contributed by atoms with E-state index in [-0.39, 0.29) is 36.1 Å². The Morgan fingerprint density at radius 3 is 2.14 bits per heavy atom. The number of ketones is 2. The molecule has 0 rings (SSSR count). The van der Waals surface area contributed by atoms with Gasteiger partial charge in [-0.2, -0.15) is 12.6 Å². The minimum atomic E-state index is -0.544. The molecule has 0 heterocycles. The van der Waals surface area contributed by atoms with Gasteiger partial charge < -0.3 is 10.1 Å². The van der Waals surface area contributed by atoms with Gasteiger partial charge in [0.15, 0.2) is 5.78 Å². The Kier molecular flexibility index (Phi) is 6.19. The third kappa shape index (κ3) is 5.75. The Balaban J connectivity index is 3.91. The summed E-state index contributed by atoms with van der Waals surface area (Å²) in [5, 5.41) is 2.50. The van der Waals surface area contributed by atoms with Crippen LogP contribution in [0, 0.1) is 0 Å². The summed E-state index contributed by atoms with van der Waals surface area (Å²) < 4.78 is 0. The lowest BCUT2D eigenvalue weighted by molar-refractivity contribution is -0.127. The first kappa shape index (κ1) is 13.2. The molecule has 5 heteroatoms. The van der Waals surface area contributed by atoms with Crippen LogP contribution in [0.15, 0.2) is 0 Å². The van der Waals surface area contributed by atoms with Gasteiger partial charge in [-0.25, -0.2) is 0 Å². The van der Waals surface area contributed by atoms with Gasteiger partial charge >= 0.3 is 0 Å². The van der Waals surface area contributed by atoms with E-state index in [4.69, 9.17) is 0 Å². The van der Waals surface area contributed by atoms with E-state index >= 15 is 0 Å². The van der Waals surface area contributed by atoms with E-state index in [1.807, 2.05) is 0 Å². The van der Waals surface area contributed by atoms with Gasteiger partial charge in [-0.3, -0.25) is 9.59 Å². The van der Waals surface area contributed by atoms with E-state index in [0.717, 1.165) is 0 Å². The lowest BCUT2D eigenvalue weighted by Gasteiger charge is -2.12. The van der Waals surface area contributed by atoms with Gasteiger partial charge in [0.25, 0.3) is 0 Å². The highest BCUT2D eigenvalue weighted by atomic mass is 32.1. The third-order valence-corrected chi connectivity index (χ3v) is 2.08. The first-order valence-corrected chi connectivity index (χ1v) is 5.00. The van der Waals surface area contributed by atoms with E-state index in [1.54, 1.807) is 0 Å². The second-order valence-electron chi connectivity index (χ2n) is 3.12. The van der Waals surface area contributed by atoms with Crippen LogP contribution < -0.4 is 5.32 Å². The summed E-state index contributed by atoms with van der Waals surface area (Å²) in [4.78, 5) is 32.7. The lowest BCUT2D eigenvalue weighted by atomic mass is 10.2. The second-order valence-corrected chi connectivity index (χ2v) is 3.48. The minimum absolute atomic E-state index is 0.0367. The summed E-state index contributed by atoms with van der Waals surface area (Å²) in [6.45, 7) is 2.82. The van der Waals surface area contributed by atoms with Crippen LogP contribution in [0.1, 0.15) is 26.7 Å². The number of carbonyl (C=O) groups excluding carboxylic acids is 3. The molecule has 1 amide bonds. The van der Waals surface area contributed by atoms with Crippen molar-refractivity contribution < 1.29 is 14.4 Å². The molecule has 1 N–H and O–H groups in total. The number of carbonyl (C=O) groups is 3. The number of nitrogens with one attached hydrogen (secondary N) is 1. The molecule has 0 saturated carbocycles. The minimum Gasteiger partial charge on any atom is -0.345 e. The largest absolute Gasteiger partial charge is 0.345 e. The fourth-order valence-corrected chi connectivity index (χ4v) is 1.18. The topological polar surface area (TPSA) is 63.2 Å². The molecule has 0 aromatic rings. The Hall–Kier alpha value is -0.840. The van der Waals surface area contributed by atoms with Crippen LogP contribution in [0.2, 0.25) is 0 Å². The molecular formula is C9H15NO3S. The van der Waals surface area contributed by atoms with E-state index in [9.17, 15) is 14.4 Å². The van der Waals surface area contributed by atoms with E-state index in [0.29, 0.717) is 0 Å². The zero-order valence-electron chi connectivity index (χ0n) is 8.37. The number of thiol groups is 1. The Morgan fingerprint density at radius 2 is 1.79 bits per heavy atom. The maximum Gasteiger partial charge on any atom is 0.221 e. The van der Waals surface area contributed by atoms with Crippen molar-refractivity contribution in [2.45, 2.75) is 32.7 Å². The van der Waals surface area contributed by atoms with Crippen LogP contribution >= 0.6 is 12.6 Å². The van der Waals surface area contributed by atoms with E-state index in [1.165, 1.54) is 13.8 Å². The van der Waals surface area contributed by atoms with Gasteiger partial charge in [0.2, 0.25) is 5.91 Å². The van der Waals surface area contributed by atoms with Crippen molar-refractivity contribution in [3.05, 3.63) is 0 Å². The van der Waals surface area contributed by atoms with Gasteiger partial charge in [0, 0.05) is 18.6 Å². The average molecular weight is 217 g/mol. The molecule has 0 saturated heterocycles. The molecule has 14 heavy (non-hydrogen) atoms.